The van der Waals surface area contributed by atoms with Crippen molar-refractivity contribution in [1.82, 2.24) is 19.4 Å². The molecule has 0 spiro atoms. The van der Waals surface area contributed by atoms with Gasteiger partial charge >= 0.3 is 0 Å². The minimum atomic E-state index is -0.613. The number of aryl methyl sites for hydroxylation is 2. The lowest BCUT2D eigenvalue weighted by Gasteiger charge is -2.18. The normalized spacial score (nSPS) is 11.7. The molecule has 0 atom stereocenters. The van der Waals surface area contributed by atoms with Crippen LogP contribution in [0.1, 0.15) is 31.9 Å². The summed E-state index contributed by atoms with van der Waals surface area (Å²) in [5.41, 5.74) is 5.20. The number of benzene rings is 1. The Balaban J connectivity index is 2.06. The number of hydrogen-bond donors (Lipinski definition) is 1. The van der Waals surface area contributed by atoms with E-state index < -0.39 is 5.41 Å². The summed E-state index contributed by atoms with van der Waals surface area (Å²) >= 11 is 0. The molecule has 1 N–H and O–H groups in total. The molecule has 3 aromatic rings. The molecule has 0 aliphatic carbocycles. The molecule has 0 radical (unpaired) electrons. The Kier molecular flexibility index (Phi) is 3.94. The van der Waals surface area contributed by atoms with Gasteiger partial charge in [-0.25, -0.2) is 14.3 Å². The number of fused-ring (bicyclic) bond motifs is 1. The van der Waals surface area contributed by atoms with Crippen LogP contribution >= 0.6 is 0 Å². The van der Waals surface area contributed by atoms with Crippen LogP contribution in [0.25, 0.3) is 16.7 Å². The van der Waals surface area contributed by atoms with E-state index in [-0.39, 0.29) is 11.5 Å². The van der Waals surface area contributed by atoms with Crippen molar-refractivity contribution in [3.63, 3.8) is 0 Å². The molecular formula is C18H21N5O2. The summed E-state index contributed by atoms with van der Waals surface area (Å²) in [6.07, 6.45) is 2.78. The molecule has 0 aliphatic rings. The molecule has 1 aromatic carbocycles. The van der Waals surface area contributed by atoms with Crippen molar-refractivity contribution < 1.29 is 4.79 Å². The highest BCUT2D eigenvalue weighted by Gasteiger charge is 2.22. The maximum absolute atomic E-state index is 12.6. The van der Waals surface area contributed by atoms with Gasteiger partial charge in [0.05, 0.1) is 11.9 Å². The molecule has 1 amide bonds. The highest BCUT2D eigenvalue weighted by atomic mass is 16.2. The van der Waals surface area contributed by atoms with Crippen molar-refractivity contribution in [3.8, 4) is 5.69 Å². The monoisotopic (exact) mass is 339 g/mol. The second kappa shape index (κ2) is 5.84. The number of carbonyl (C=O) groups excluding carboxylic acids is 1. The standard InChI is InChI=1S/C18H21N5O2/c1-11-6-7-13(8-12(11)2)23-15-14(9-20-23)16(24)22(10-19-15)21-17(25)18(3,4)5/h6-10H,1-5H3,(H,21,25). The lowest BCUT2D eigenvalue weighted by molar-refractivity contribution is -0.124. The Morgan fingerprint density at radius 3 is 2.52 bits per heavy atom. The number of amides is 1. The van der Waals surface area contributed by atoms with Crippen molar-refractivity contribution in [2.24, 2.45) is 5.41 Å². The Hall–Kier alpha value is -2.96. The Morgan fingerprint density at radius 2 is 1.88 bits per heavy atom. The smallest absolute Gasteiger partial charge is 0.273 e. The van der Waals surface area contributed by atoms with E-state index in [2.05, 4.69) is 15.5 Å². The minimum Gasteiger partial charge on any atom is -0.273 e. The average Bonchev–Trinajstić information content (AvgIpc) is 2.96. The molecule has 7 nitrogen and oxygen atoms in total. The van der Waals surface area contributed by atoms with Gasteiger partial charge in [0.15, 0.2) is 5.65 Å². The Morgan fingerprint density at radius 1 is 1.16 bits per heavy atom. The fraction of sp³-hybridized carbons (Fsp3) is 0.333. The largest absolute Gasteiger partial charge is 0.283 e. The van der Waals surface area contributed by atoms with Gasteiger partial charge in [0, 0.05) is 5.41 Å². The van der Waals surface area contributed by atoms with E-state index in [1.807, 2.05) is 32.0 Å². The highest BCUT2D eigenvalue weighted by molar-refractivity contribution is 5.88. The summed E-state index contributed by atoms with van der Waals surface area (Å²) in [4.78, 5) is 29.0. The second-order valence-corrected chi connectivity index (χ2v) is 7.17. The summed E-state index contributed by atoms with van der Waals surface area (Å²) in [6.45, 7) is 9.38. The van der Waals surface area contributed by atoms with Crippen LogP contribution in [0.15, 0.2) is 35.5 Å². The van der Waals surface area contributed by atoms with Gasteiger partial charge in [0.2, 0.25) is 5.91 Å². The zero-order chi connectivity index (χ0) is 18.4. The van der Waals surface area contributed by atoms with E-state index >= 15 is 0 Å². The predicted molar refractivity (Wildman–Crippen MR) is 96.4 cm³/mol. The van der Waals surface area contributed by atoms with Crippen LogP contribution in [0.5, 0.6) is 0 Å². The predicted octanol–water partition coefficient (Wildman–Crippen LogP) is 2.32. The topological polar surface area (TPSA) is 81.8 Å². The fourth-order valence-electron chi connectivity index (χ4n) is 2.31. The van der Waals surface area contributed by atoms with Gasteiger partial charge in [0.25, 0.3) is 5.56 Å². The zero-order valence-corrected chi connectivity index (χ0v) is 15.0. The van der Waals surface area contributed by atoms with Crippen LogP contribution in [0.4, 0.5) is 0 Å². The number of nitrogens with one attached hydrogen (secondary N) is 1. The fourth-order valence-corrected chi connectivity index (χ4v) is 2.31. The number of aromatic nitrogens is 4. The SMILES string of the molecule is Cc1ccc(-n2ncc3c(=O)n(NC(=O)C(C)(C)C)cnc32)cc1C. The molecule has 0 bridgehead atoms. The molecule has 0 fully saturated rings. The third-order valence-electron chi connectivity index (χ3n) is 4.13. The number of carbonyl (C=O) groups is 1. The summed E-state index contributed by atoms with van der Waals surface area (Å²) in [5.74, 6) is -0.266. The third-order valence-corrected chi connectivity index (χ3v) is 4.13. The van der Waals surface area contributed by atoms with Crippen LogP contribution in [0, 0.1) is 19.3 Å². The van der Waals surface area contributed by atoms with E-state index in [4.69, 9.17) is 0 Å². The van der Waals surface area contributed by atoms with Gasteiger partial charge in [-0.3, -0.25) is 15.0 Å². The van der Waals surface area contributed by atoms with Crippen LogP contribution in [-0.2, 0) is 4.79 Å². The van der Waals surface area contributed by atoms with Gasteiger partial charge in [-0.2, -0.15) is 5.10 Å². The molecule has 2 aromatic heterocycles. The van der Waals surface area contributed by atoms with Gasteiger partial charge in [-0.05, 0) is 37.1 Å². The molecule has 0 saturated carbocycles. The summed E-state index contributed by atoms with van der Waals surface area (Å²) < 4.78 is 2.72. The molecule has 0 saturated heterocycles. The van der Waals surface area contributed by atoms with Crippen molar-refractivity contribution >= 4 is 16.9 Å². The van der Waals surface area contributed by atoms with E-state index in [0.717, 1.165) is 15.9 Å². The van der Waals surface area contributed by atoms with Crippen LogP contribution in [-0.4, -0.2) is 25.3 Å². The summed E-state index contributed by atoms with van der Waals surface area (Å²) in [5, 5.41) is 4.64. The molecule has 0 unspecified atom stereocenters. The third kappa shape index (κ3) is 3.05. The first-order valence-corrected chi connectivity index (χ1v) is 8.03. The zero-order valence-electron chi connectivity index (χ0n) is 15.0. The molecule has 2 heterocycles. The van der Waals surface area contributed by atoms with E-state index in [0.29, 0.717) is 11.0 Å². The van der Waals surface area contributed by atoms with Gasteiger partial charge < -0.3 is 0 Å². The molecule has 0 aliphatic heterocycles. The Labute approximate surface area is 145 Å². The molecular weight excluding hydrogens is 318 g/mol. The maximum atomic E-state index is 12.6. The second-order valence-electron chi connectivity index (χ2n) is 7.17. The number of rotatable bonds is 2. The highest BCUT2D eigenvalue weighted by Crippen LogP contribution is 2.17. The van der Waals surface area contributed by atoms with Crippen LogP contribution < -0.4 is 11.0 Å². The van der Waals surface area contributed by atoms with Crippen molar-refractivity contribution in [2.45, 2.75) is 34.6 Å². The number of nitrogens with zero attached hydrogens (tertiary/aromatic N) is 4. The average molecular weight is 339 g/mol. The first-order valence-electron chi connectivity index (χ1n) is 8.03. The van der Waals surface area contributed by atoms with E-state index in [1.54, 1.807) is 25.5 Å². The van der Waals surface area contributed by atoms with Crippen molar-refractivity contribution in [3.05, 3.63) is 52.2 Å². The van der Waals surface area contributed by atoms with Gasteiger partial charge in [-0.1, -0.05) is 26.8 Å². The first kappa shape index (κ1) is 16.9. The van der Waals surface area contributed by atoms with Crippen molar-refractivity contribution in [1.29, 1.82) is 0 Å². The van der Waals surface area contributed by atoms with Gasteiger partial charge in [-0.15, -0.1) is 0 Å². The van der Waals surface area contributed by atoms with Gasteiger partial charge in [0.1, 0.15) is 11.7 Å². The van der Waals surface area contributed by atoms with Crippen molar-refractivity contribution in [2.75, 3.05) is 5.43 Å². The van der Waals surface area contributed by atoms with Crippen LogP contribution in [0.3, 0.4) is 0 Å². The summed E-state index contributed by atoms with van der Waals surface area (Å²) in [6, 6.07) is 5.93. The Bertz CT molecular complexity index is 1020. The lowest BCUT2D eigenvalue weighted by Crippen LogP contribution is -2.39. The summed E-state index contributed by atoms with van der Waals surface area (Å²) in [7, 11) is 0. The molecule has 130 valence electrons. The minimum absolute atomic E-state index is 0.266. The molecule has 7 heteroatoms. The number of hydrogen-bond acceptors (Lipinski definition) is 4. The van der Waals surface area contributed by atoms with E-state index in [9.17, 15) is 9.59 Å². The van der Waals surface area contributed by atoms with E-state index in [1.165, 1.54) is 18.1 Å². The lowest BCUT2D eigenvalue weighted by atomic mass is 9.96. The molecule has 25 heavy (non-hydrogen) atoms. The first-order chi connectivity index (χ1) is 11.7. The maximum Gasteiger partial charge on any atom is 0.283 e. The van der Waals surface area contributed by atoms with Crippen LogP contribution in [0.2, 0.25) is 0 Å². The quantitative estimate of drug-likeness (QED) is 0.777. The molecule has 3 rings (SSSR count).